The molecule has 25 heavy (non-hydrogen) atoms. The summed E-state index contributed by atoms with van der Waals surface area (Å²) in [7, 11) is 0. The zero-order valence-electron chi connectivity index (χ0n) is 16.7. The highest BCUT2D eigenvalue weighted by Gasteiger charge is 2.41. The Bertz CT molecular complexity index is 450. The Kier molecular flexibility index (Phi) is 9.63. The second kappa shape index (κ2) is 10.9. The highest BCUT2D eigenvalue weighted by molar-refractivity contribution is 5.86. The predicted molar refractivity (Wildman–Crippen MR) is 103 cm³/mol. The quantitative estimate of drug-likeness (QED) is 0.386. The Morgan fingerprint density at radius 3 is 2.52 bits per heavy atom. The molecule has 0 aromatic heterocycles. The molecule has 1 aliphatic rings. The van der Waals surface area contributed by atoms with Crippen molar-refractivity contribution < 1.29 is 14.7 Å². The summed E-state index contributed by atoms with van der Waals surface area (Å²) in [4.78, 5) is 24.8. The molecule has 0 aromatic carbocycles. The third kappa shape index (κ3) is 7.05. The number of ketones is 2. The number of hydrogen-bond acceptors (Lipinski definition) is 3. The zero-order valence-corrected chi connectivity index (χ0v) is 16.7. The molecule has 3 heteroatoms. The monoisotopic (exact) mass is 350 g/mol. The van der Waals surface area contributed by atoms with E-state index < -0.39 is 6.10 Å². The van der Waals surface area contributed by atoms with Crippen molar-refractivity contribution in [1.82, 2.24) is 0 Å². The van der Waals surface area contributed by atoms with Crippen molar-refractivity contribution >= 4 is 11.6 Å². The number of carbonyl (C=O) groups excluding carboxylic acids is 2. The van der Waals surface area contributed by atoms with Crippen LogP contribution >= 0.6 is 0 Å². The fourth-order valence-corrected chi connectivity index (χ4v) is 3.79. The van der Waals surface area contributed by atoms with Crippen LogP contribution in [-0.2, 0) is 9.59 Å². The van der Waals surface area contributed by atoms with Crippen LogP contribution in [0.4, 0.5) is 0 Å². The summed E-state index contributed by atoms with van der Waals surface area (Å²) in [6.07, 6.45) is 12.2. The van der Waals surface area contributed by atoms with Crippen molar-refractivity contribution in [1.29, 1.82) is 0 Å². The highest BCUT2D eigenvalue weighted by Crippen LogP contribution is 2.37. The minimum absolute atomic E-state index is 0.0609. The number of rotatable bonds is 12. The van der Waals surface area contributed by atoms with Crippen LogP contribution in [0.25, 0.3) is 0 Å². The molecule has 0 aromatic rings. The van der Waals surface area contributed by atoms with Gasteiger partial charge in [-0.05, 0) is 31.6 Å². The second-order valence-corrected chi connectivity index (χ2v) is 8.31. The maximum absolute atomic E-state index is 12.6. The van der Waals surface area contributed by atoms with Gasteiger partial charge in [-0.2, -0.15) is 0 Å². The van der Waals surface area contributed by atoms with E-state index in [0.717, 1.165) is 25.7 Å². The van der Waals surface area contributed by atoms with Crippen LogP contribution in [0.2, 0.25) is 0 Å². The number of hydrogen-bond donors (Lipinski definition) is 1. The summed E-state index contributed by atoms with van der Waals surface area (Å²) < 4.78 is 0. The number of carbonyl (C=O) groups is 2. The predicted octanol–water partition coefficient (Wildman–Crippen LogP) is 5.25. The molecule has 1 aliphatic carbocycles. The topological polar surface area (TPSA) is 54.4 Å². The van der Waals surface area contributed by atoms with E-state index in [9.17, 15) is 14.7 Å². The molecule has 144 valence electrons. The van der Waals surface area contributed by atoms with E-state index in [1.54, 1.807) is 0 Å². The van der Waals surface area contributed by atoms with Crippen molar-refractivity contribution in [3.05, 3.63) is 12.2 Å². The lowest BCUT2D eigenvalue weighted by Crippen LogP contribution is -2.27. The van der Waals surface area contributed by atoms with Gasteiger partial charge in [0.05, 0.1) is 6.10 Å². The van der Waals surface area contributed by atoms with Gasteiger partial charge in [0.25, 0.3) is 0 Å². The first-order valence-corrected chi connectivity index (χ1v) is 10.2. The van der Waals surface area contributed by atoms with Gasteiger partial charge in [0.15, 0.2) is 0 Å². The first kappa shape index (κ1) is 22.1. The summed E-state index contributed by atoms with van der Waals surface area (Å²) >= 11 is 0. The lowest BCUT2D eigenvalue weighted by molar-refractivity contribution is -0.128. The van der Waals surface area contributed by atoms with Crippen LogP contribution in [0.15, 0.2) is 12.2 Å². The summed E-state index contributed by atoms with van der Waals surface area (Å²) in [5.41, 5.74) is -0.293. The second-order valence-electron chi connectivity index (χ2n) is 8.31. The average Bonchev–Trinajstić information content (AvgIpc) is 2.83. The van der Waals surface area contributed by atoms with Crippen molar-refractivity contribution in [2.75, 3.05) is 0 Å². The van der Waals surface area contributed by atoms with Crippen LogP contribution in [0.3, 0.4) is 0 Å². The molecule has 0 bridgehead atoms. The summed E-state index contributed by atoms with van der Waals surface area (Å²) in [5.74, 6) is 0.258. The molecule has 0 saturated heterocycles. The number of allylic oxidation sites excluding steroid dienone is 2. The molecular weight excluding hydrogens is 312 g/mol. The largest absolute Gasteiger partial charge is 0.392 e. The Hall–Kier alpha value is -0.960. The van der Waals surface area contributed by atoms with Gasteiger partial charge in [-0.1, -0.05) is 65.5 Å². The molecular formula is C22H38O3. The van der Waals surface area contributed by atoms with E-state index in [2.05, 4.69) is 26.0 Å². The lowest BCUT2D eigenvalue weighted by atomic mass is 9.78. The molecule has 3 unspecified atom stereocenters. The Labute approximate surface area is 154 Å². The van der Waals surface area contributed by atoms with E-state index in [1.807, 2.05) is 13.8 Å². The third-order valence-electron chi connectivity index (χ3n) is 5.73. The van der Waals surface area contributed by atoms with Gasteiger partial charge in [-0.15, -0.1) is 0 Å². The molecule has 0 aliphatic heterocycles. The minimum atomic E-state index is -0.576. The van der Waals surface area contributed by atoms with Crippen LogP contribution in [0, 0.1) is 17.3 Å². The maximum atomic E-state index is 12.6. The van der Waals surface area contributed by atoms with Crippen molar-refractivity contribution in [3.63, 3.8) is 0 Å². The molecule has 3 nitrogen and oxygen atoms in total. The van der Waals surface area contributed by atoms with Crippen LogP contribution in [0.5, 0.6) is 0 Å². The highest BCUT2D eigenvalue weighted by atomic mass is 16.3. The van der Waals surface area contributed by atoms with Gasteiger partial charge in [0, 0.05) is 24.2 Å². The standard InChI is InChI=1S/C22H38O3/c1-5-7-9-10-11-12-17-18(20(24)16-19(17)23)13-14-21(25)22(3,4)15-8-6-2/h10-11,17-18,20,24H,5-9,12-16H2,1-4H3/b11-10+. The smallest absolute Gasteiger partial charge is 0.139 e. The van der Waals surface area contributed by atoms with Gasteiger partial charge in [0.1, 0.15) is 11.6 Å². The van der Waals surface area contributed by atoms with Gasteiger partial charge in [0.2, 0.25) is 0 Å². The van der Waals surface area contributed by atoms with Gasteiger partial charge in [-0.25, -0.2) is 0 Å². The van der Waals surface area contributed by atoms with Gasteiger partial charge < -0.3 is 5.11 Å². The molecule has 1 rings (SSSR count). The Morgan fingerprint density at radius 2 is 1.88 bits per heavy atom. The van der Waals surface area contributed by atoms with E-state index >= 15 is 0 Å². The molecule has 3 atom stereocenters. The van der Waals surface area contributed by atoms with Gasteiger partial charge in [-0.3, -0.25) is 9.59 Å². The molecule has 0 spiro atoms. The fourth-order valence-electron chi connectivity index (χ4n) is 3.79. The van der Waals surface area contributed by atoms with Gasteiger partial charge >= 0.3 is 0 Å². The maximum Gasteiger partial charge on any atom is 0.139 e. The van der Waals surface area contributed by atoms with Crippen LogP contribution in [-0.4, -0.2) is 22.8 Å². The molecule has 1 fully saturated rings. The van der Waals surface area contributed by atoms with Crippen molar-refractivity contribution in [2.24, 2.45) is 17.3 Å². The first-order chi connectivity index (χ1) is 11.8. The number of Topliss-reactive ketones (excluding diaryl/α,β-unsaturated/α-hetero) is 2. The molecule has 0 radical (unpaired) electrons. The van der Waals surface area contributed by atoms with E-state index in [4.69, 9.17) is 0 Å². The number of unbranched alkanes of at least 4 members (excludes halogenated alkanes) is 3. The normalized spacial score (nSPS) is 24.4. The summed E-state index contributed by atoms with van der Waals surface area (Å²) in [6, 6.07) is 0. The zero-order chi connectivity index (χ0) is 18.9. The Morgan fingerprint density at radius 1 is 1.20 bits per heavy atom. The molecule has 0 heterocycles. The number of aliphatic hydroxyl groups excluding tert-OH is 1. The average molecular weight is 351 g/mol. The lowest BCUT2D eigenvalue weighted by Gasteiger charge is -2.25. The summed E-state index contributed by atoms with van der Waals surface area (Å²) in [5, 5.41) is 10.3. The fraction of sp³-hybridized carbons (Fsp3) is 0.818. The molecule has 1 saturated carbocycles. The summed E-state index contributed by atoms with van der Waals surface area (Å²) in [6.45, 7) is 8.35. The van der Waals surface area contributed by atoms with E-state index in [-0.39, 0.29) is 35.2 Å². The SMILES string of the molecule is CCCC/C=C/CC1C(=O)CC(O)C1CCC(=O)C(C)(C)CCCC. The minimum Gasteiger partial charge on any atom is -0.392 e. The third-order valence-corrected chi connectivity index (χ3v) is 5.73. The van der Waals surface area contributed by atoms with E-state index in [1.165, 1.54) is 12.8 Å². The Balaban J connectivity index is 2.56. The van der Waals surface area contributed by atoms with Crippen molar-refractivity contribution in [3.8, 4) is 0 Å². The van der Waals surface area contributed by atoms with Crippen LogP contribution in [0.1, 0.15) is 91.9 Å². The molecule has 1 N–H and O–H groups in total. The molecule has 0 amide bonds. The first-order valence-electron chi connectivity index (χ1n) is 10.2. The van der Waals surface area contributed by atoms with E-state index in [0.29, 0.717) is 19.3 Å². The van der Waals surface area contributed by atoms with Crippen LogP contribution < -0.4 is 0 Å². The number of aliphatic hydroxyl groups is 1. The van der Waals surface area contributed by atoms with Crippen molar-refractivity contribution in [2.45, 2.75) is 98.0 Å².